The van der Waals surface area contributed by atoms with Crippen LogP contribution in [0, 0.1) is 0 Å². The van der Waals surface area contributed by atoms with Gasteiger partial charge in [0.15, 0.2) is 0 Å². The molecule has 0 fully saturated rings. The lowest BCUT2D eigenvalue weighted by molar-refractivity contribution is 0.415. The lowest BCUT2D eigenvalue weighted by Gasteiger charge is -2.18. The van der Waals surface area contributed by atoms with Gasteiger partial charge in [-0.3, -0.25) is 0 Å². The van der Waals surface area contributed by atoms with Gasteiger partial charge in [0.05, 0.1) is 17.8 Å². The molecule has 2 aromatic carbocycles. The minimum Gasteiger partial charge on any atom is -0.497 e. The molecule has 0 aliphatic rings. The van der Waals surface area contributed by atoms with E-state index in [0.717, 1.165) is 17.9 Å². The zero-order valence-electron chi connectivity index (χ0n) is 12.8. The van der Waals surface area contributed by atoms with Crippen molar-refractivity contribution in [2.75, 3.05) is 12.4 Å². The van der Waals surface area contributed by atoms with Crippen LogP contribution in [0.3, 0.4) is 0 Å². The second-order valence-corrected chi connectivity index (χ2v) is 5.61. The molecule has 0 amide bonds. The first-order valence-electron chi connectivity index (χ1n) is 7.33. The van der Waals surface area contributed by atoms with Gasteiger partial charge in [0.2, 0.25) is 0 Å². The minimum absolute atomic E-state index is 0.185. The standard InChI is InChI=1S/C18H22ClNO/c1-4-5-14-6-8-15(9-7-14)13(2)20-18-12-16(21-3)10-11-17(18)19/h6-13,20H,4-5H2,1-3H3. The highest BCUT2D eigenvalue weighted by Gasteiger charge is 2.09. The molecule has 0 aromatic heterocycles. The summed E-state index contributed by atoms with van der Waals surface area (Å²) in [5.41, 5.74) is 3.52. The lowest BCUT2D eigenvalue weighted by Crippen LogP contribution is -2.07. The number of methoxy groups -OCH3 is 1. The Labute approximate surface area is 132 Å². The van der Waals surface area contributed by atoms with Crippen molar-refractivity contribution in [3.63, 3.8) is 0 Å². The Morgan fingerprint density at radius 1 is 1.14 bits per heavy atom. The fourth-order valence-corrected chi connectivity index (χ4v) is 2.49. The number of hydrogen-bond donors (Lipinski definition) is 1. The Morgan fingerprint density at radius 3 is 2.48 bits per heavy atom. The van der Waals surface area contributed by atoms with E-state index in [0.29, 0.717) is 5.02 Å². The van der Waals surface area contributed by atoms with Crippen molar-refractivity contribution >= 4 is 17.3 Å². The normalized spacial score (nSPS) is 12.0. The van der Waals surface area contributed by atoms with Gasteiger partial charge in [-0.05, 0) is 36.6 Å². The van der Waals surface area contributed by atoms with Gasteiger partial charge in [-0.1, -0.05) is 49.2 Å². The van der Waals surface area contributed by atoms with E-state index in [2.05, 4.69) is 43.4 Å². The predicted octanol–water partition coefficient (Wildman–Crippen LogP) is 5.47. The molecule has 2 rings (SSSR count). The number of anilines is 1. The van der Waals surface area contributed by atoms with E-state index in [1.54, 1.807) is 7.11 Å². The van der Waals surface area contributed by atoms with Crippen molar-refractivity contribution < 1.29 is 4.74 Å². The third-order valence-corrected chi connectivity index (χ3v) is 3.89. The predicted molar refractivity (Wildman–Crippen MR) is 90.5 cm³/mol. The minimum atomic E-state index is 0.185. The van der Waals surface area contributed by atoms with Crippen LogP contribution in [0.2, 0.25) is 5.02 Å². The summed E-state index contributed by atoms with van der Waals surface area (Å²) >= 11 is 6.23. The number of ether oxygens (including phenoxy) is 1. The molecule has 0 heterocycles. The summed E-state index contributed by atoms with van der Waals surface area (Å²) in [5.74, 6) is 0.799. The molecule has 1 N–H and O–H groups in total. The Balaban J connectivity index is 2.11. The molecule has 2 aromatic rings. The molecule has 1 unspecified atom stereocenters. The zero-order chi connectivity index (χ0) is 15.2. The van der Waals surface area contributed by atoms with Crippen molar-refractivity contribution in [3.8, 4) is 5.75 Å². The van der Waals surface area contributed by atoms with Gasteiger partial charge in [0.1, 0.15) is 5.75 Å². The van der Waals surface area contributed by atoms with E-state index in [1.807, 2.05) is 18.2 Å². The van der Waals surface area contributed by atoms with Crippen LogP contribution in [0.1, 0.15) is 37.4 Å². The van der Waals surface area contributed by atoms with E-state index >= 15 is 0 Å². The highest BCUT2D eigenvalue weighted by Crippen LogP contribution is 2.30. The third kappa shape index (κ3) is 4.15. The van der Waals surface area contributed by atoms with Crippen molar-refractivity contribution in [1.29, 1.82) is 0 Å². The summed E-state index contributed by atoms with van der Waals surface area (Å²) in [7, 11) is 1.66. The average molecular weight is 304 g/mol. The molecule has 0 aliphatic heterocycles. The average Bonchev–Trinajstić information content (AvgIpc) is 2.50. The number of hydrogen-bond acceptors (Lipinski definition) is 2. The number of benzene rings is 2. The van der Waals surface area contributed by atoms with Crippen LogP contribution in [-0.4, -0.2) is 7.11 Å². The van der Waals surface area contributed by atoms with Gasteiger partial charge in [0, 0.05) is 12.1 Å². The highest BCUT2D eigenvalue weighted by atomic mass is 35.5. The van der Waals surface area contributed by atoms with Gasteiger partial charge in [0.25, 0.3) is 0 Å². The molecular formula is C18H22ClNO. The van der Waals surface area contributed by atoms with Crippen LogP contribution in [0.5, 0.6) is 5.75 Å². The van der Waals surface area contributed by atoms with E-state index in [1.165, 1.54) is 17.5 Å². The van der Waals surface area contributed by atoms with Crippen LogP contribution in [0.15, 0.2) is 42.5 Å². The topological polar surface area (TPSA) is 21.3 Å². The molecule has 0 radical (unpaired) electrons. The highest BCUT2D eigenvalue weighted by molar-refractivity contribution is 6.33. The second kappa shape index (κ2) is 7.37. The van der Waals surface area contributed by atoms with Crippen molar-refractivity contribution in [2.45, 2.75) is 32.7 Å². The summed E-state index contributed by atoms with van der Waals surface area (Å²) < 4.78 is 5.24. The van der Waals surface area contributed by atoms with Gasteiger partial charge < -0.3 is 10.1 Å². The Hall–Kier alpha value is -1.67. The summed E-state index contributed by atoms with van der Waals surface area (Å²) in [4.78, 5) is 0. The SMILES string of the molecule is CCCc1ccc(C(C)Nc2cc(OC)ccc2Cl)cc1. The van der Waals surface area contributed by atoms with Crippen molar-refractivity contribution in [3.05, 3.63) is 58.6 Å². The second-order valence-electron chi connectivity index (χ2n) is 5.20. The van der Waals surface area contributed by atoms with Crippen LogP contribution < -0.4 is 10.1 Å². The number of aryl methyl sites for hydroxylation is 1. The van der Waals surface area contributed by atoms with E-state index in [9.17, 15) is 0 Å². The molecule has 2 nitrogen and oxygen atoms in total. The smallest absolute Gasteiger partial charge is 0.121 e. The molecular weight excluding hydrogens is 282 g/mol. The maximum absolute atomic E-state index is 6.23. The van der Waals surface area contributed by atoms with Crippen LogP contribution in [0.25, 0.3) is 0 Å². The Kier molecular flexibility index (Phi) is 5.51. The van der Waals surface area contributed by atoms with E-state index in [-0.39, 0.29) is 6.04 Å². The Bertz CT molecular complexity index is 580. The monoisotopic (exact) mass is 303 g/mol. The first-order valence-corrected chi connectivity index (χ1v) is 7.70. The molecule has 3 heteroatoms. The molecule has 0 saturated heterocycles. The molecule has 0 aliphatic carbocycles. The molecule has 0 saturated carbocycles. The van der Waals surface area contributed by atoms with E-state index < -0.39 is 0 Å². The van der Waals surface area contributed by atoms with Crippen molar-refractivity contribution in [2.24, 2.45) is 0 Å². The third-order valence-electron chi connectivity index (χ3n) is 3.56. The van der Waals surface area contributed by atoms with Gasteiger partial charge >= 0.3 is 0 Å². The Morgan fingerprint density at radius 2 is 1.86 bits per heavy atom. The van der Waals surface area contributed by atoms with Gasteiger partial charge in [-0.15, -0.1) is 0 Å². The summed E-state index contributed by atoms with van der Waals surface area (Å²) in [6, 6.07) is 14.6. The molecule has 21 heavy (non-hydrogen) atoms. The lowest BCUT2D eigenvalue weighted by atomic mass is 10.0. The first kappa shape index (κ1) is 15.7. The summed E-state index contributed by atoms with van der Waals surface area (Å²) in [6.45, 7) is 4.33. The number of nitrogens with one attached hydrogen (secondary N) is 1. The zero-order valence-corrected chi connectivity index (χ0v) is 13.6. The van der Waals surface area contributed by atoms with E-state index in [4.69, 9.17) is 16.3 Å². The van der Waals surface area contributed by atoms with Crippen LogP contribution in [0.4, 0.5) is 5.69 Å². The van der Waals surface area contributed by atoms with Gasteiger partial charge in [-0.25, -0.2) is 0 Å². The molecule has 1 atom stereocenters. The number of halogens is 1. The molecule has 0 spiro atoms. The fourth-order valence-electron chi connectivity index (χ4n) is 2.32. The fraction of sp³-hybridized carbons (Fsp3) is 0.333. The van der Waals surface area contributed by atoms with Crippen LogP contribution in [-0.2, 0) is 6.42 Å². The van der Waals surface area contributed by atoms with Crippen molar-refractivity contribution in [1.82, 2.24) is 0 Å². The largest absolute Gasteiger partial charge is 0.497 e. The summed E-state index contributed by atoms with van der Waals surface area (Å²) in [6.07, 6.45) is 2.30. The van der Waals surface area contributed by atoms with Crippen LogP contribution >= 0.6 is 11.6 Å². The summed E-state index contributed by atoms with van der Waals surface area (Å²) in [5, 5.41) is 4.14. The molecule has 112 valence electrons. The number of rotatable bonds is 6. The maximum atomic E-state index is 6.23. The molecule has 0 bridgehead atoms. The first-order chi connectivity index (χ1) is 10.1. The maximum Gasteiger partial charge on any atom is 0.121 e. The van der Waals surface area contributed by atoms with Gasteiger partial charge in [-0.2, -0.15) is 0 Å². The quantitative estimate of drug-likeness (QED) is 0.763.